The molecule has 1 unspecified atom stereocenters. The van der Waals surface area contributed by atoms with Crippen molar-refractivity contribution in [2.24, 2.45) is 11.8 Å². The predicted molar refractivity (Wildman–Crippen MR) is 53.5 cm³/mol. The minimum Gasteiger partial charge on any atom is -0.299 e. The molecule has 0 aliphatic heterocycles. The minimum absolute atomic E-state index is 0.453. The van der Waals surface area contributed by atoms with Gasteiger partial charge in [0.2, 0.25) is 0 Å². The largest absolute Gasteiger partial charge is 0.299 e. The molecule has 1 nitrogen and oxygen atoms in total. The summed E-state index contributed by atoms with van der Waals surface area (Å²) in [4.78, 5) is 11.5. The van der Waals surface area contributed by atoms with Gasteiger partial charge in [0.1, 0.15) is 5.78 Å². The zero-order chi connectivity index (χ0) is 9.10. The number of rotatable bonds is 3. The molecule has 13 heavy (non-hydrogen) atoms. The average molecular weight is 180 g/mol. The van der Waals surface area contributed by atoms with Gasteiger partial charge in [-0.2, -0.15) is 0 Å². The average Bonchev–Trinajstić information content (AvgIpc) is 2.05. The quantitative estimate of drug-likeness (QED) is 0.651. The van der Waals surface area contributed by atoms with Gasteiger partial charge in [-0.3, -0.25) is 4.79 Å². The number of Topliss-reactive ketones (excluding diaryl/α,β-unsaturated/α-hetero) is 1. The maximum atomic E-state index is 11.5. The molecule has 0 heterocycles. The number of carbonyl (C=O) groups excluding carboxylic acids is 1. The van der Waals surface area contributed by atoms with Crippen LogP contribution in [0.3, 0.4) is 0 Å². The highest BCUT2D eigenvalue weighted by molar-refractivity contribution is 5.81. The topological polar surface area (TPSA) is 17.1 Å². The highest BCUT2D eigenvalue weighted by Crippen LogP contribution is 2.34. The summed E-state index contributed by atoms with van der Waals surface area (Å²) in [5.74, 6) is 2.00. The molecule has 74 valence electrons. The Morgan fingerprint density at radius 1 is 1.00 bits per heavy atom. The van der Waals surface area contributed by atoms with Crippen molar-refractivity contribution in [2.45, 2.75) is 57.8 Å². The van der Waals surface area contributed by atoms with Crippen molar-refractivity contribution >= 4 is 5.78 Å². The standard InChI is InChI=1S/C12H20O/c13-12-7-2-1-6-11(12)9-8-10-4-3-5-10/h10-11H,1-9H2. The Morgan fingerprint density at radius 2 is 1.85 bits per heavy atom. The Bertz CT molecular complexity index is 182. The zero-order valence-electron chi connectivity index (χ0n) is 8.43. The molecule has 0 spiro atoms. The van der Waals surface area contributed by atoms with Crippen molar-refractivity contribution in [2.75, 3.05) is 0 Å². The van der Waals surface area contributed by atoms with E-state index in [1.807, 2.05) is 0 Å². The molecule has 1 atom stereocenters. The summed E-state index contributed by atoms with van der Waals surface area (Å²) >= 11 is 0. The van der Waals surface area contributed by atoms with E-state index in [-0.39, 0.29) is 0 Å². The van der Waals surface area contributed by atoms with Crippen molar-refractivity contribution in [1.29, 1.82) is 0 Å². The molecular formula is C12H20O. The van der Waals surface area contributed by atoms with Gasteiger partial charge in [-0.15, -0.1) is 0 Å². The molecule has 0 saturated heterocycles. The fourth-order valence-corrected chi connectivity index (χ4v) is 2.58. The maximum Gasteiger partial charge on any atom is 0.135 e. The second-order valence-corrected chi connectivity index (χ2v) is 4.78. The lowest BCUT2D eigenvalue weighted by molar-refractivity contribution is -0.124. The Hall–Kier alpha value is -0.330. The van der Waals surface area contributed by atoms with Crippen LogP contribution in [-0.2, 0) is 4.79 Å². The number of ketones is 1. The summed E-state index contributed by atoms with van der Waals surface area (Å²) in [6, 6.07) is 0. The van der Waals surface area contributed by atoms with E-state index >= 15 is 0 Å². The van der Waals surface area contributed by atoms with Crippen LogP contribution in [0.25, 0.3) is 0 Å². The minimum atomic E-state index is 0.453. The molecule has 2 aliphatic carbocycles. The van der Waals surface area contributed by atoms with Crippen molar-refractivity contribution in [3.8, 4) is 0 Å². The van der Waals surface area contributed by atoms with Crippen LogP contribution in [-0.4, -0.2) is 5.78 Å². The molecule has 1 heteroatoms. The van der Waals surface area contributed by atoms with Crippen LogP contribution < -0.4 is 0 Å². The molecule has 0 radical (unpaired) electrons. The zero-order valence-corrected chi connectivity index (χ0v) is 8.43. The van der Waals surface area contributed by atoms with Gasteiger partial charge in [-0.05, 0) is 31.6 Å². The normalized spacial score (nSPS) is 30.2. The van der Waals surface area contributed by atoms with Gasteiger partial charge in [0.05, 0.1) is 0 Å². The SMILES string of the molecule is O=C1CCCCC1CCC1CCC1. The molecule has 2 saturated carbocycles. The van der Waals surface area contributed by atoms with Crippen LogP contribution in [0.1, 0.15) is 57.8 Å². The molecule has 0 aromatic rings. The van der Waals surface area contributed by atoms with Gasteiger partial charge < -0.3 is 0 Å². The molecule has 0 aromatic heterocycles. The van der Waals surface area contributed by atoms with Gasteiger partial charge in [0.25, 0.3) is 0 Å². The van der Waals surface area contributed by atoms with Crippen LogP contribution in [0.2, 0.25) is 0 Å². The van der Waals surface area contributed by atoms with E-state index in [1.54, 1.807) is 0 Å². The number of hydrogen-bond donors (Lipinski definition) is 0. The number of hydrogen-bond acceptors (Lipinski definition) is 1. The van der Waals surface area contributed by atoms with Crippen molar-refractivity contribution in [3.05, 3.63) is 0 Å². The van der Waals surface area contributed by atoms with E-state index in [1.165, 1.54) is 44.9 Å². The van der Waals surface area contributed by atoms with E-state index < -0.39 is 0 Å². The van der Waals surface area contributed by atoms with Gasteiger partial charge >= 0.3 is 0 Å². The molecule has 0 bridgehead atoms. The summed E-state index contributed by atoms with van der Waals surface area (Å²) in [5.41, 5.74) is 0. The van der Waals surface area contributed by atoms with Gasteiger partial charge in [0, 0.05) is 12.3 Å². The van der Waals surface area contributed by atoms with Gasteiger partial charge in [0.15, 0.2) is 0 Å². The third-order valence-electron chi connectivity index (χ3n) is 3.83. The predicted octanol–water partition coefficient (Wildman–Crippen LogP) is 3.33. The van der Waals surface area contributed by atoms with E-state index in [0.717, 1.165) is 18.8 Å². The molecule has 0 amide bonds. The second-order valence-electron chi connectivity index (χ2n) is 4.78. The third-order valence-corrected chi connectivity index (χ3v) is 3.83. The van der Waals surface area contributed by atoms with Crippen LogP contribution in [0.15, 0.2) is 0 Å². The second kappa shape index (κ2) is 4.26. The van der Waals surface area contributed by atoms with Crippen LogP contribution in [0.5, 0.6) is 0 Å². The molecule has 2 aliphatic rings. The van der Waals surface area contributed by atoms with Crippen molar-refractivity contribution < 1.29 is 4.79 Å². The lowest BCUT2D eigenvalue weighted by Gasteiger charge is -2.28. The Balaban J connectivity index is 1.69. The van der Waals surface area contributed by atoms with E-state index in [9.17, 15) is 4.79 Å². The highest BCUT2D eigenvalue weighted by atomic mass is 16.1. The molecule has 2 fully saturated rings. The third kappa shape index (κ3) is 2.32. The van der Waals surface area contributed by atoms with E-state index in [4.69, 9.17) is 0 Å². The fourth-order valence-electron chi connectivity index (χ4n) is 2.58. The fraction of sp³-hybridized carbons (Fsp3) is 0.917. The number of carbonyl (C=O) groups is 1. The summed E-state index contributed by atoms with van der Waals surface area (Å²) in [6.07, 6.45) is 11.3. The van der Waals surface area contributed by atoms with E-state index in [2.05, 4.69) is 0 Å². The van der Waals surface area contributed by atoms with Crippen LogP contribution in [0, 0.1) is 11.8 Å². The summed E-state index contributed by atoms with van der Waals surface area (Å²) in [6.45, 7) is 0. The molecular weight excluding hydrogens is 160 g/mol. The molecule has 0 N–H and O–H groups in total. The Kier molecular flexibility index (Phi) is 3.02. The first-order chi connectivity index (χ1) is 6.36. The van der Waals surface area contributed by atoms with Crippen molar-refractivity contribution in [3.63, 3.8) is 0 Å². The Labute approximate surface area is 80.9 Å². The summed E-state index contributed by atoms with van der Waals surface area (Å²) < 4.78 is 0. The molecule has 2 rings (SSSR count). The van der Waals surface area contributed by atoms with Crippen LogP contribution in [0.4, 0.5) is 0 Å². The lowest BCUT2D eigenvalue weighted by Crippen LogP contribution is -2.21. The van der Waals surface area contributed by atoms with E-state index in [0.29, 0.717) is 11.7 Å². The lowest BCUT2D eigenvalue weighted by atomic mass is 9.77. The Morgan fingerprint density at radius 3 is 2.46 bits per heavy atom. The first kappa shape index (κ1) is 9.23. The van der Waals surface area contributed by atoms with Gasteiger partial charge in [-0.25, -0.2) is 0 Å². The molecule has 0 aromatic carbocycles. The first-order valence-electron chi connectivity index (χ1n) is 5.89. The van der Waals surface area contributed by atoms with Gasteiger partial charge in [-0.1, -0.05) is 25.7 Å². The summed E-state index contributed by atoms with van der Waals surface area (Å²) in [7, 11) is 0. The summed E-state index contributed by atoms with van der Waals surface area (Å²) in [5, 5.41) is 0. The monoisotopic (exact) mass is 180 g/mol. The highest BCUT2D eigenvalue weighted by Gasteiger charge is 2.24. The first-order valence-corrected chi connectivity index (χ1v) is 5.89. The van der Waals surface area contributed by atoms with Crippen molar-refractivity contribution in [1.82, 2.24) is 0 Å². The smallest absolute Gasteiger partial charge is 0.135 e. The maximum absolute atomic E-state index is 11.5. The van der Waals surface area contributed by atoms with Crippen LogP contribution >= 0.6 is 0 Å².